The summed E-state index contributed by atoms with van der Waals surface area (Å²) in [5.41, 5.74) is 5.19. The molecular formula is C13H19N3O4S. The Hall–Kier alpha value is -1.51. The van der Waals surface area contributed by atoms with E-state index in [1.165, 1.54) is 16.7 Å². The number of ether oxygens (including phenoxy) is 1. The predicted molar refractivity (Wildman–Crippen MR) is 77.2 cm³/mol. The highest BCUT2D eigenvalue weighted by atomic mass is 32.1. The van der Waals surface area contributed by atoms with Crippen molar-refractivity contribution in [1.29, 1.82) is 0 Å². The maximum atomic E-state index is 12.5. The van der Waals surface area contributed by atoms with Crippen LogP contribution in [0.5, 0.6) is 0 Å². The van der Waals surface area contributed by atoms with Crippen LogP contribution in [0.4, 0.5) is 0 Å². The van der Waals surface area contributed by atoms with Crippen molar-refractivity contribution in [3.63, 3.8) is 0 Å². The van der Waals surface area contributed by atoms with Gasteiger partial charge in [0.05, 0.1) is 11.5 Å². The molecule has 2 heterocycles. The molecule has 0 saturated carbocycles. The van der Waals surface area contributed by atoms with Crippen LogP contribution in [0.3, 0.4) is 0 Å². The Bertz CT molecular complexity index is 525. The average Bonchev–Trinajstić information content (AvgIpc) is 2.98. The summed E-state index contributed by atoms with van der Waals surface area (Å²) in [6.45, 7) is 3.11. The van der Waals surface area contributed by atoms with Gasteiger partial charge in [0.1, 0.15) is 5.01 Å². The van der Waals surface area contributed by atoms with Crippen molar-refractivity contribution in [2.45, 2.75) is 25.8 Å². The molecule has 1 fully saturated rings. The Morgan fingerprint density at radius 2 is 2.24 bits per heavy atom. The molecule has 1 aliphatic rings. The number of thiazole rings is 1. The number of amides is 1. The van der Waals surface area contributed by atoms with E-state index in [4.69, 9.17) is 15.6 Å². The second kappa shape index (κ2) is 6.50. The van der Waals surface area contributed by atoms with Crippen molar-refractivity contribution in [2.75, 3.05) is 19.8 Å². The van der Waals surface area contributed by atoms with E-state index in [9.17, 15) is 9.59 Å². The predicted octanol–water partition coefficient (Wildman–Crippen LogP) is 0.774. The molecule has 21 heavy (non-hydrogen) atoms. The molecule has 0 radical (unpaired) electrons. The van der Waals surface area contributed by atoms with E-state index in [-0.39, 0.29) is 24.2 Å². The van der Waals surface area contributed by atoms with Crippen LogP contribution in [-0.2, 0) is 9.53 Å². The maximum Gasteiger partial charge on any atom is 0.355 e. The summed E-state index contributed by atoms with van der Waals surface area (Å²) in [5, 5.41) is 13.8. The number of nitrogens with one attached hydrogen (secondary N) is 1. The SMILES string of the molecule is CC(NC(=O)C1(CN)CCOCC1)c1nc(C(=O)O)cs1. The van der Waals surface area contributed by atoms with Gasteiger partial charge in [-0.25, -0.2) is 9.78 Å². The van der Waals surface area contributed by atoms with Gasteiger partial charge < -0.3 is 20.9 Å². The summed E-state index contributed by atoms with van der Waals surface area (Å²) in [7, 11) is 0. The molecule has 1 aromatic heterocycles. The Morgan fingerprint density at radius 3 is 2.76 bits per heavy atom. The lowest BCUT2D eigenvalue weighted by molar-refractivity contribution is -0.136. The van der Waals surface area contributed by atoms with Gasteiger partial charge in [-0.1, -0.05) is 0 Å². The van der Waals surface area contributed by atoms with Gasteiger partial charge in [-0.05, 0) is 19.8 Å². The van der Waals surface area contributed by atoms with Gasteiger partial charge in [-0.15, -0.1) is 11.3 Å². The highest BCUT2D eigenvalue weighted by Crippen LogP contribution is 2.30. The van der Waals surface area contributed by atoms with Gasteiger partial charge >= 0.3 is 5.97 Å². The van der Waals surface area contributed by atoms with Crippen LogP contribution < -0.4 is 11.1 Å². The summed E-state index contributed by atoms with van der Waals surface area (Å²) < 4.78 is 5.28. The monoisotopic (exact) mass is 313 g/mol. The van der Waals surface area contributed by atoms with Crippen molar-refractivity contribution < 1.29 is 19.4 Å². The topological polar surface area (TPSA) is 115 Å². The number of rotatable bonds is 5. The fourth-order valence-corrected chi connectivity index (χ4v) is 3.08. The van der Waals surface area contributed by atoms with Gasteiger partial charge in [-0.2, -0.15) is 0 Å². The second-order valence-electron chi connectivity index (χ2n) is 5.17. The number of carbonyl (C=O) groups is 2. The van der Waals surface area contributed by atoms with Crippen molar-refractivity contribution in [3.8, 4) is 0 Å². The molecule has 4 N–H and O–H groups in total. The van der Waals surface area contributed by atoms with E-state index in [0.29, 0.717) is 31.1 Å². The Morgan fingerprint density at radius 1 is 1.57 bits per heavy atom. The third-order valence-electron chi connectivity index (χ3n) is 3.78. The van der Waals surface area contributed by atoms with E-state index in [1.807, 2.05) is 0 Å². The molecule has 116 valence electrons. The minimum atomic E-state index is -1.07. The maximum absolute atomic E-state index is 12.5. The fraction of sp³-hybridized carbons (Fsp3) is 0.615. The highest BCUT2D eigenvalue weighted by molar-refractivity contribution is 7.09. The molecule has 1 saturated heterocycles. The minimum Gasteiger partial charge on any atom is -0.476 e. The van der Waals surface area contributed by atoms with E-state index >= 15 is 0 Å². The number of aromatic carboxylic acids is 1. The zero-order valence-electron chi connectivity index (χ0n) is 11.8. The lowest BCUT2D eigenvalue weighted by atomic mass is 9.79. The first kappa shape index (κ1) is 15.9. The Balaban J connectivity index is 2.05. The molecule has 1 aromatic rings. The molecule has 2 rings (SSSR count). The number of hydrogen-bond acceptors (Lipinski definition) is 6. The molecule has 8 heteroatoms. The first-order chi connectivity index (χ1) is 9.98. The van der Waals surface area contributed by atoms with Crippen LogP contribution in [0.15, 0.2) is 5.38 Å². The van der Waals surface area contributed by atoms with Crippen molar-refractivity contribution >= 4 is 23.2 Å². The van der Waals surface area contributed by atoms with Gasteiger partial charge in [0.15, 0.2) is 5.69 Å². The Labute approximate surface area is 126 Å². The Kier molecular flexibility index (Phi) is 4.92. The van der Waals surface area contributed by atoms with Gasteiger partial charge in [0.2, 0.25) is 5.91 Å². The third kappa shape index (κ3) is 3.39. The van der Waals surface area contributed by atoms with Crippen LogP contribution in [0.1, 0.15) is 41.3 Å². The number of aromatic nitrogens is 1. The molecule has 1 aliphatic heterocycles. The molecule has 7 nitrogen and oxygen atoms in total. The van der Waals surface area contributed by atoms with Crippen LogP contribution >= 0.6 is 11.3 Å². The van der Waals surface area contributed by atoms with E-state index in [1.54, 1.807) is 6.92 Å². The van der Waals surface area contributed by atoms with Crippen LogP contribution in [0.2, 0.25) is 0 Å². The van der Waals surface area contributed by atoms with Gasteiger partial charge in [-0.3, -0.25) is 4.79 Å². The van der Waals surface area contributed by atoms with E-state index < -0.39 is 11.4 Å². The summed E-state index contributed by atoms with van der Waals surface area (Å²) in [6, 6.07) is -0.345. The average molecular weight is 313 g/mol. The molecule has 1 amide bonds. The van der Waals surface area contributed by atoms with Crippen LogP contribution in [-0.4, -0.2) is 41.7 Å². The molecule has 0 aromatic carbocycles. The lowest BCUT2D eigenvalue weighted by Gasteiger charge is -2.35. The molecule has 0 bridgehead atoms. The van der Waals surface area contributed by atoms with E-state index in [0.717, 1.165) is 0 Å². The first-order valence-electron chi connectivity index (χ1n) is 6.76. The number of hydrogen-bond donors (Lipinski definition) is 3. The third-order valence-corrected chi connectivity index (χ3v) is 4.81. The molecule has 1 atom stereocenters. The summed E-state index contributed by atoms with van der Waals surface area (Å²) in [4.78, 5) is 27.3. The highest BCUT2D eigenvalue weighted by Gasteiger charge is 2.39. The van der Waals surface area contributed by atoms with Crippen molar-refractivity contribution in [2.24, 2.45) is 11.1 Å². The number of carbonyl (C=O) groups excluding carboxylic acids is 1. The van der Waals surface area contributed by atoms with Crippen LogP contribution in [0.25, 0.3) is 0 Å². The first-order valence-corrected chi connectivity index (χ1v) is 7.64. The fourth-order valence-electron chi connectivity index (χ4n) is 2.28. The normalized spacial score (nSPS) is 19.0. The second-order valence-corrected chi connectivity index (χ2v) is 6.06. The number of nitrogens with two attached hydrogens (primary N) is 1. The van der Waals surface area contributed by atoms with E-state index in [2.05, 4.69) is 10.3 Å². The standard InChI is InChI=1S/C13H19N3O4S/c1-8(10-16-9(6-21-10)11(17)18)15-12(19)13(7-14)2-4-20-5-3-13/h6,8H,2-5,7,14H2,1H3,(H,15,19)(H,17,18). The summed E-state index contributed by atoms with van der Waals surface area (Å²) in [5.74, 6) is -1.19. The van der Waals surface area contributed by atoms with Crippen LogP contribution in [0, 0.1) is 5.41 Å². The largest absolute Gasteiger partial charge is 0.476 e. The van der Waals surface area contributed by atoms with Crippen molar-refractivity contribution in [1.82, 2.24) is 10.3 Å². The zero-order chi connectivity index (χ0) is 15.5. The molecule has 0 spiro atoms. The summed E-state index contributed by atoms with van der Waals surface area (Å²) in [6.07, 6.45) is 1.20. The van der Waals surface area contributed by atoms with Gasteiger partial charge in [0, 0.05) is 25.1 Å². The molecular weight excluding hydrogens is 294 g/mol. The van der Waals surface area contributed by atoms with Gasteiger partial charge in [0.25, 0.3) is 0 Å². The zero-order valence-corrected chi connectivity index (χ0v) is 12.6. The number of carboxylic acid groups (broad SMARTS) is 1. The number of nitrogens with zero attached hydrogens (tertiary/aromatic N) is 1. The van der Waals surface area contributed by atoms with Crippen molar-refractivity contribution in [3.05, 3.63) is 16.1 Å². The minimum absolute atomic E-state index is 0.00398. The lowest BCUT2D eigenvalue weighted by Crippen LogP contribution is -2.49. The number of carboxylic acids is 1. The smallest absolute Gasteiger partial charge is 0.355 e. The quantitative estimate of drug-likeness (QED) is 0.740. The molecule has 0 aliphatic carbocycles. The molecule has 1 unspecified atom stereocenters. The summed E-state index contributed by atoms with van der Waals surface area (Å²) >= 11 is 1.22.